The molecule has 3 aromatic heterocycles. The van der Waals surface area contributed by atoms with E-state index in [0.717, 1.165) is 66.4 Å². The molecule has 11 rings (SSSR count). The van der Waals surface area contributed by atoms with Crippen molar-refractivity contribution in [3.8, 4) is 67.8 Å². The first-order valence-corrected chi connectivity index (χ1v) is 19.3. The zero-order valence-corrected chi connectivity index (χ0v) is 31.5. The fourth-order valence-corrected chi connectivity index (χ4v) is 8.52. The maximum atomic E-state index is 5.36. The number of rotatable bonds is 5. The fourth-order valence-electron chi connectivity index (χ4n) is 8.52. The van der Waals surface area contributed by atoms with Gasteiger partial charge in [-0.05, 0) is 51.2 Å². The lowest BCUT2D eigenvalue weighted by Crippen LogP contribution is -2.14. The summed E-state index contributed by atoms with van der Waals surface area (Å²) in [5.74, 6) is 1.89. The van der Waals surface area contributed by atoms with Gasteiger partial charge in [-0.2, -0.15) is 0 Å². The Morgan fingerprint density at radius 1 is 0.333 bits per heavy atom. The molecule has 7 aromatic carbocycles. The molecule has 0 fully saturated rings. The van der Waals surface area contributed by atoms with E-state index in [9.17, 15) is 0 Å². The van der Waals surface area contributed by atoms with Gasteiger partial charge < -0.3 is 0 Å². The van der Waals surface area contributed by atoms with Crippen LogP contribution in [0.3, 0.4) is 0 Å². The van der Waals surface area contributed by atoms with Crippen molar-refractivity contribution in [2.45, 2.75) is 19.3 Å². The summed E-state index contributed by atoms with van der Waals surface area (Å²) in [6.45, 7) is 4.63. The highest BCUT2D eigenvalue weighted by molar-refractivity contribution is 6.05. The Bertz CT molecular complexity index is 3210. The van der Waals surface area contributed by atoms with Gasteiger partial charge >= 0.3 is 0 Å². The van der Waals surface area contributed by atoms with Crippen LogP contribution in [0.1, 0.15) is 25.0 Å². The third-order valence-electron chi connectivity index (χ3n) is 11.5. The predicted octanol–water partition coefficient (Wildman–Crippen LogP) is 12.8. The minimum atomic E-state index is -0.0787. The van der Waals surface area contributed by atoms with Crippen molar-refractivity contribution < 1.29 is 0 Å². The summed E-state index contributed by atoms with van der Waals surface area (Å²) in [5, 5.41) is 4.43. The molecule has 0 radical (unpaired) electrons. The molecule has 5 nitrogen and oxygen atoms in total. The van der Waals surface area contributed by atoms with Crippen molar-refractivity contribution in [1.29, 1.82) is 0 Å². The molecule has 57 heavy (non-hydrogen) atoms. The van der Waals surface area contributed by atoms with E-state index in [1.54, 1.807) is 0 Å². The van der Waals surface area contributed by atoms with Gasteiger partial charge in [-0.15, -0.1) is 0 Å². The molecule has 10 aromatic rings. The quantitative estimate of drug-likeness (QED) is 0.165. The summed E-state index contributed by atoms with van der Waals surface area (Å²) < 4.78 is 0. The summed E-state index contributed by atoms with van der Waals surface area (Å²) >= 11 is 0. The lowest BCUT2D eigenvalue weighted by atomic mass is 9.82. The Balaban J connectivity index is 0.987. The van der Waals surface area contributed by atoms with Gasteiger partial charge in [0.05, 0.1) is 22.4 Å². The average Bonchev–Trinajstić information content (AvgIpc) is 3.52. The SMILES string of the molecule is CC1(C)c2ccccc2-c2c(-c3ccc4ccc5ccc(-c6ccc(-c7nc(-c8ccccc8)nc(-c8ccc9ccccc9c8)n7)cc6)nc5c4n3)cccc21. The summed E-state index contributed by atoms with van der Waals surface area (Å²) in [6.07, 6.45) is 0. The molecule has 0 amide bonds. The maximum Gasteiger partial charge on any atom is 0.164 e. The monoisotopic (exact) mass is 729 g/mol. The number of fused-ring (bicyclic) bond motifs is 7. The third kappa shape index (κ3) is 5.50. The van der Waals surface area contributed by atoms with E-state index in [4.69, 9.17) is 24.9 Å². The summed E-state index contributed by atoms with van der Waals surface area (Å²) in [7, 11) is 0. The first-order valence-electron chi connectivity index (χ1n) is 19.3. The van der Waals surface area contributed by atoms with E-state index in [2.05, 4.69) is 159 Å². The second kappa shape index (κ2) is 12.9. The molecule has 0 N–H and O–H groups in total. The van der Waals surface area contributed by atoms with Crippen molar-refractivity contribution in [3.63, 3.8) is 0 Å². The number of hydrogen-bond donors (Lipinski definition) is 0. The maximum absolute atomic E-state index is 5.36. The van der Waals surface area contributed by atoms with E-state index >= 15 is 0 Å². The van der Waals surface area contributed by atoms with Crippen LogP contribution < -0.4 is 0 Å². The molecule has 0 aliphatic heterocycles. The second-order valence-corrected chi connectivity index (χ2v) is 15.3. The summed E-state index contributed by atoms with van der Waals surface area (Å²) in [5.41, 5.74) is 13.7. The van der Waals surface area contributed by atoms with Crippen molar-refractivity contribution in [2.24, 2.45) is 0 Å². The van der Waals surface area contributed by atoms with Crippen LogP contribution in [0, 0.1) is 0 Å². The van der Waals surface area contributed by atoms with Crippen molar-refractivity contribution >= 4 is 32.6 Å². The van der Waals surface area contributed by atoms with Gasteiger partial charge in [-0.3, -0.25) is 0 Å². The molecule has 3 heterocycles. The predicted molar refractivity (Wildman–Crippen MR) is 233 cm³/mol. The molecule has 1 aliphatic rings. The van der Waals surface area contributed by atoms with Gasteiger partial charge in [-0.25, -0.2) is 24.9 Å². The first kappa shape index (κ1) is 33.0. The van der Waals surface area contributed by atoms with Crippen LogP contribution in [-0.2, 0) is 5.41 Å². The molecule has 1 aliphatic carbocycles. The van der Waals surface area contributed by atoms with Crippen LogP contribution in [0.5, 0.6) is 0 Å². The van der Waals surface area contributed by atoms with E-state index < -0.39 is 0 Å². The molecule has 268 valence electrons. The van der Waals surface area contributed by atoms with Crippen LogP contribution in [0.15, 0.2) is 176 Å². The van der Waals surface area contributed by atoms with Crippen LogP contribution in [-0.4, -0.2) is 24.9 Å². The lowest BCUT2D eigenvalue weighted by Gasteiger charge is -2.21. The lowest BCUT2D eigenvalue weighted by molar-refractivity contribution is 0.660. The van der Waals surface area contributed by atoms with Crippen LogP contribution >= 0.6 is 0 Å². The largest absolute Gasteiger partial charge is 0.245 e. The molecule has 5 heteroatoms. The van der Waals surface area contributed by atoms with E-state index in [0.29, 0.717) is 17.5 Å². The van der Waals surface area contributed by atoms with Gasteiger partial charge in [0.1, 0.15) is 0 Å². The summed E-state index contributed by atoms with van der Waals surface area (Å²) in [4.78, 5) is 25.6. The average molecular weight is 730 g/mol. The van der Waals surface area contributed by atoms with Crippen LogP contribution in [0.25, 0.3) is 100 Å². The molecule has 0 spiro atoms. The van der Waals surface area contributed by atoms with Gasteiger partial charge in [0.2, 0.25) is 0 Å². The van der Waals surface area contributed by atoms with Crippen molar-refractivity contribution in [1.82, 2.24) is 24.9 Å². The smallest absolute Gasteiger partial charge is 0.164 e. The molecule has 0 bridgehead atoms. The highest BCUT2D eigenvalue weighted by atomic mass is 15.0. The Morgan fingerprint density at radius 3 is 1.60 bits per heavy atom. The van der Waals surface area contributed by atoms with Gasteiger partial charge in [0.25, 0.3) is 0 Å². The minimum absolute atomic E-state index is 0.0787. The fraction of sp³-hybridized carbons (Fsp3) is 0.0577. The van der Waals surface area contributed by atoms with Crippen molar-refractivity contribution in [2.75, 3.05) is 0 Å². The normalized spacial score (nSPS) is 12.9. The highest BCUT2D eigenvalue weighted by Gasteiger charge is 2.36. The van der Waals surface area contributed by atoms with Gasteiger partial charge in [0.15, 0.2) is 17.5 Å². The number of nitrogens with zero attached hydrogens (tertiary/aromatic N) is 5. The molecular formula is C52H35N5. The van der Waals surface area contributed by atoms with Crippen LogP contribution in [0.4, 0.5) is 0 Å². The molecule has 0 saturated heterocycles. The summed E-state index contributed by atoms with van der Waals surface area (Å²) in [6, 6.07) is 61.4. The van der Waals surface area contributed by atoms with Crippen LogP contribution in [0.2, 0.25) is 0 Å². The van der Waals surface area contributed by atoms with Gasteiger partial charge in [0, 0.05) is 44.0 Å². The van der Waals surface area contributed by atoms with Crippen molar-refractivity contribution in [3.05, 3.63) is 187 Å². The van der Waals surface area contributed by atoms with Gasteiger partial charge in [-0.1, -0.05) is 172 Å². The number of hydrogen-bond acceptors (Lipinski definition) is 5. The minimum Gasteiger partial charge on any atom is -0.245 e. The molecule has 0 saturated carbocycles. The Kier molecular flexibility index (Phi) is 7.45. The first-order chi connectivity index (χ1) is 28.0. The Hall–Kier alpha value is -7.37. The highest BCUT2D eigenvalue weighted by Crippen LogP contribution is 2.51. The van der Waals surface area contributed by atoms with E-state index in [1.807, 2.05) is 30.3 Å². The number of aromatic nitrogens is 5. The topological polar surface area (TPSA) is 64.5 Å². The molecule has 0 unspecified atom stereocenters. The Morgan fingerprint density at radius 2 is 0.842 bits per heavy atom. The van der Waals surface area contributed by atoms with E-state index in [-0.39, 0.29) is 5.41 Å². The zero-order chi connectivity index (χ0) is 38.1. The standard InChI is InChI=1S/C52H35N5/c1-52(2)42-17-9-8-15-40(42)46-41(16-10-18-43(46)52)45-30-28-35-23-22-34-27-29-44(53-47(34)48(35)54-45)33-20-24-37(25-21-33)50-55-49(36-12-4-3-5-13-36)56-51(57-50)39-26-19-32-11-6-7-14-38(32)31-39/h3-31H,1-2H3. The molecule has 0 atom stereocenters. The Labute approximate surface area is 330 Å². The third-order valence-corrected chi connectivity index (χ3v) is 11.5. The molecular weight excluding hydrogens is 695 g/mol. The van der Waals surface area contributed by atoms with E-state index in [1.165, 1.54) is 27.6 Å². The number of benzene rings is 7. The second-order valence-electron chi connectivity index (χ2n) is 15.3. The number of pyridine rings is 2. The zero-order valence-electron chi connectivity index (χ0n) is 31.5.